The van der Waals surface area contributed by atoms with Gasteiger partial charge < -0.3 is 5.11 Å². The third kappa shape index (κ3) is 2.88. The topological polar surface area (TPSA) is 37.3 Å². The molecular formula is C20H18O2S. The summed E-state index contributed by atoms with van der Waals surface area (Å²) in [5.41, 5.74) is 0.316. The molecule has 0 fully saturated rings. The first-order chi connectivity index (χ1) is 11.1. The molecule has 0 saturated heterocycles. The van der Waals surface area contributed by atoms with Crippen molar-refractivity contribution in [2.75, 3.05) is 6.26 Å². The Morgan fingerprint density at radius 3 is 1.48 bits per heavy atom. The zero-order chi connectivity index (χ0) is 16.3. The van der Waals surface area contributed by atoms with E-state index in [1.807, 2.05) is 24.3 Å². The first kappa shape index (κ1) is 15.4. The van der Waals surface area contributed by atoms with Gasteiger partial charge in [-0.05, 0) is 69.5 Å². The molecule has 0 saturated carbocycles. The molecule has 0 aliphatic heterocycles. The van der Waals surface area contributed by atoms with Gasteiger partial charge in [-0.15, -0.1) is 0 Å². The molecule has 116 valence electrons. The molecular weight excluding hydrogens is 304 g/mol. The van der Waals surface area contributed by atoms with Crippen LogP contribution in [0.3, 0.4) is 0 Å². The van der Waals surface area contributed by atoms with Gasteiger partial charge in [0.15, 0.2) is 0 Å². The van der Waals surface area contributed by atoms with Crippen LogP contribution in [0.25, 0.3) is 0 Å². The van der Waals surface area contributed by atoms with E-state index in [-0.39, 0.29) is 0 Å². The Morgan fingerprint density at radius 2 is 1.09 bits per heavy atom. The molecule has 3 heteroatoms. The highest BCUT2D eigenvalue weighted by Gasteiger charge is 2.25. The highest BCUT2D eigenvalue weighted by molar-refractivity contribution is 8.33. The van der Waals surface area contributed by atoms with Crippen LogP contribution in [0.2, 0.25) is 0 Å². The molecule has 1 N–H and O–H groups in total. The lowest BCUT2D eigenvalue weighted by Crippen LogP contribution is -2.02. The second-order valence-corrected chi connectivity index (χ2v) is 8.63. The summed E-state index contributed by atoms with van der Waals surface area (Å²) in [5, 5.41) is 9.12. The second-order valence-electron chi connectivity index (χ2n) is 5.37. The van der Waals surface area contributed by atoms with E-state index in [1.165, 1.54) is 9.79 Å². The Balaban J connectivity index is 2.18. The molecule has 3 aromatic carbocycles. The van der Waals surface area contributed by atoms with Gasteiger partial charge in [0.05, 0.1) is 5.56 Å². The zero-order valence-electron chi connectivity index (χ0n) is 12.8. The molecule has 2 nitrogen and oxygen atoms in total. The minimum atomic E-state index is -1.41. The second kappa shape index (κ2) is 6.31. The average molecular weight is 322 g/mol. The summed E-state index contributed by atoms with van der Waals surface area (Å²) < 4.78 is 0. The van der Waals surface area contributed by atoms with Crippen molar-refractivity contribution in [2.24, 2.45) is 0 Å². The zero-order valence-corrected chi connectivity index (χ0v) is 13.7. The highest BCUT2D eigenvalue weighted by atomic mass is 32.3. The predicted molar refractivity (Wildman–Crippen MR) is 94.6 cm³/mol. The van der Waals surface area contributed by atoms with Crippen molar-refractivity contribution < 1.29 is 9.90 Å². The maximum atomic E-state index is 11.1. The predicted octanol–water partition coefficient (Wildman–Crippen LogP) is 5.30. The number of benzene rings is 3. The lowest BCUT2D eigenvalue weighted by Gasteiger charge is -2.37. The van der Waals surface area contributed by atoms with E-state index in [1.54, 1.807) is 12.1 Å². The van der Waals surface area contributed by atoms with Crippen LogP contribution in [0.15, 0.2) is 99.6 Å². The molecule has 23 heavy (non-hydrogen) atoms. The van der Waals surface area contributed by atoms with Gasteiger partial charge in [-0.1, -0.05) is 36.4 Å². The van der Waals surface area contributed by atoms with Gasteiger partial charge in [0.2, 0.25) is 0 Å². The summed E-state index contributed by atoms with van der Waals surface area (Å²) in [4.78, 5) is 14.8. The van der Waals surface area contributed by atoms with Crippen LogP contribution in [0.5, 0.6) is 0 Å². The summed E-state index contributed by atoms with van der Waals surface area (Å²) in [7, 11) is -1.41. The van der Waals surface area contributed by atoms with Crippen molar-refractivity contribution in [3.8, 4) is 0 Å². The largest absolute Gasteiger partial charge is 0.478 e. The fourth-order valence-corrected chi connectivity index (χ4v) is 5.56. The van der Waals surface area contributed by atoms with Crippen LogP contribution < -0.4 is 0 Å². The summed E-state index contributed by atoms with van der Waals surface area (Å²) in [6.45, 7) is 0. The van der Waals surface area contributed by atoms with Crippen molar-refractivity contribution in [1.82, 2.24) is 0 Å². The van der Waals surface area contributed by atoms with Gasteiger partial charge in [-0.2, -0.15) is 10.0 Å². The summed E-state index contributed by atoms with van der Waals surface area (Å²) in [6.07, 6.45) is 2.26. The molecule has 0 unspecified atom stereocenters. The standard InChI is InChI=1S/C20H18O2S/c1-23(17-8-4-2-5-9-17,18-10-6-3-7-11-18)19-14-12-16(13-15-19)20(21)22/h2-15H,1H3,(H,21,22). The molecule has 0 aliphatic carbocycles. The molecule has 0 spiro atoms. The SMILES string of the molecule is CS(c1ccccc1)(c1ccccc1)c1ccc(C(=O)O)cc1. The van der Waals surface area contributed by atoms with Crippen LogP contribution in [0.4, 0.5) is 0 Å². The smallest absolute Gasteiger partial charge is 0.335 e. The van der Waals surface area contributed by atoms with E-state index in [0.29, 0.717) is 5.56 Å². The summed E-state index contributed by atoms with van der Waals surface area (Å²) in [6, 6.07) is 28.1. The molecule has 3 rings (SSSR count). The van der Waals surface area contributed by atoms with Crippen LogP contribution in [0, 0.1) is 0 Å². The van der Waals surface area contributed by atoms with Crippen LogP contribution in [-0.4, -0.2) is 17.3 Å². The van der Waals surface area contributed by atoms with E-state index >= 15 is 0 Å². The van der Waals surface area contributed by atoms with Crippen LogP contribution in [0.1, 0.15) is 10.4 Å². The molecule has 0 bridgehead atoms. The van der Waals surface area contributed by atoms with E-state index in [0.717, 1.165) is 4.90 Å². The van der Waals surface area contributed by atoms with Crippen molar-refractivity contribution >= 4 is 16.0 Å². The molecule has 0 amide bonds. The van der Waals surface area contributed by atoms with E-state index in [9.17, 15) is 4.79 Å². The number of aromatic carboxylic acids is 1. The van der Waals surface area contributed by atoms with Crippen LogP contribution >= 0.6 is 10.0 Å². The van der Waals surface area contributed by atoms with Gasteiger partial charge in [0.1, 0.15) is 0 Å². The molecule has 0 aliphatic rings. The maximum absolute atomic E-state index is 11.1. The average Bonchev–Trinajstić information content (AvgIpc) is 2.62. The highest BCUT2D eigenvalue weighted by Crippen LogP contribution is 2.65. The van der Waals surface area contributed by atoms with Gasteiger partial charge in [0.25, 0.3) is 0 Å². The quantitative estimate of drug-likeness (QED) is 0.708. The number of carbonyl (C=O) groups is 1. The van der Waals surface area contributed by atoms with Crippen molar-refractivity contribution in [3.05, 3.63) is 90.5 Å². The first-order valence-corrected chi connectivity index (χ1v) is 9.38. The number of hydrogen-bond donors (Lipinski definition) is 1. The van der Waals surface area contributed by atoms with Gasteiger partial charge >= 0.3 is 5.97 Å². The molecule has 0 heterocycles. The molecule has 0 atom stereocenters. The van der Waals surface area contributed by atoms with Crippen molar-refractivity contribution in [3.63, 3.8) is 0 Å². The Hall–Kier alpha value is -2.52. The van der Waals surface area contributed by atoms with Gasteiger partial charge in [-0.3, -0.25) is 0 Å². The Bertz CT molecular complexity index is 757. The molecule has 3 aromatic rings. The maximum Gasteiger partial charge on any atom is 0.335 e. The number of carboxylic acids is 1. The number of hydrogen-bond acceptors (Lipinski definition) is 1. The van der Waals surface area contributed by atoms with Gasteiger partial charge in [-0.25, -0.2) is 4.79 Å². The minimum Gasteiger partial charge on any atom is -0.478 e. The third-order valence-corrected chi connectivity index (χ3v) is 7.65. The number of rotatable bonds is 4. The summed E-state index contributed by atoms with van der Waals surface area (Å²) >= 11 is 0. The van der Waals surface area contributed by atoms with Crippen LogP contribution in [-0.2, 0) is 0 Å². The Kier molecular flexibility index (Phi) is 4.22. The van der Waals surface area contributed by atoms with E-state index in [2.05, 4.69) is 54.8 Å². The minimum absolute atomic E-state index is 0.316. The monoisotopic (exact) mass is 322 g/mol. The van der Waals surface area contributed by atoms with Crippen molar-refractivity contribution in [1.29, 1.82) is 0 Å². The Labute approximate surface area is 137 Å². The lowest BCUT2D eigenvalue weighted by atomic mass is 10.2. The fraction of sp³-hybridized carbons (Fsp3) is 0.0500. The normalized spacial score (nSPS) is 11.9. The van der Waals surface area contributed by atoms with Crippen molar-refractivity contribution in [2.45, 2.75) is 14.7 Å². The number of carboxylic acid groups (broad SMARTS) is 1. The summed E-state index contributed by atoms with van der Waals surface area (Å²) in [5.74, 6) is -0.896. The van der Waals surface area contributed by atoms with Gasteiger partial charge in [0, 0.05) is 0 Å². The fourth-order valence-electron chi connectivity index (χ4n) is 2.66. The third-order valence-electron chi connectivity index (χ3n) is 4.00. The Morgan fingerprint density at radius 1 is 0.696 bits per heavy atom. The first-order valence-electron chi connectivity index (χ1n) is 7.34. The van der Waals surface area contributed by atoms with E-state index in [4.69, 9.17) is 5.11 Å². The van der Waals surface area contributed by atoms with E-state index < -0.39 is 16.0 Å². The lowest BCUT2D eigenvalue weighted by molar-refractivity contribution is 0.0697. The molecule has 0 radical (unpaired) electrons. The molecule has 0 aromatic heterocycles.